The van der Waals surface area contributed by atoms with Gasteiger partial charge in [-0.1, -0.05) is 18.2 Å². The van der Waals surface area contributed by atoms with E-state index in [0.717, 1.165) is 10.5 Å². The van der Waals surface area contributed by atoms with Crippen molar-refractivity contribution in [1.29, 1.82) is 0 Å². The number of rotatable bonds is 3. The van der Waals surface area contributed by atoms with Gasteiger partial charge in [0.2, 0.25) is 0 Å². The van der Waals surface area contributed by atoms with Crippen LogP contribution in [0.15, 0.2) is 29.2 Å². The highest BCUT2D eigenvalue weighted by Gasteiger charge is 2.51. The van der Waals surface area contributed by atoms with Gasteiger partial charge in [-0.15, -0.1) is 11.8 Å². The van der Waals surface area contributed by atoms with E-state index in [1.165, 1.54) is 11.8 Å². The van der Waals surface area contributed by atoms with E-state index >= 15 is 0 Å². The van der Waals surface area contributed by atoms with E-state index in [-0.39, 0.29) is 18.6 Å². The fourth-order valence-electron chi connectivity index (χ4n) is 1.73. The number of benzene rings is 1. The molecule has 1 aromatic rings. The van der Waals surface area contributed by atoms with E-state index < -0.39 is 10.7 Å². The van der Waals surface area contributed by atoms with Crippen molar-refractivity contribution in [2.45, 2.75) is 29.4 Å². The highest BCUT2D eigenvalue weighted by atomic mass is 32.2. The molecule has 4 heteroatoms. The molecule has 1 saturated carbocycles. The van der Waals surface area contributed by atoms with Gasteiger partial charge in [-0.2, -0.15) is 0 Å². The molecular formula is C12H12O3S. The Morgan fingerprint density at radius 3 is 2.50 bits per heavy atom. The number of hydrogen-bond acceptors (Lipinski definition) is 3. The number of carboxylic acid groups (broad SMARTS) is 1. The Labute approximate surface area is 97.9 Å². The van der Waals surface area contributed by atoms with E-state index in [1.807, 2.05) is 31.2 Å². The number of aliphatic carboxylic acids is 1. The molecule has 1 aromatic carbocycles. The summed E-state index contributed by atoms with van der Waals surface area (Å²) in [4.78, 5) is 23.2. The van der Waals surface area contributed by atoms with Crippen LogP contribution in [0.1, 0.15) is 18.4 Å². The van der Waals surface area contributed by atoms with Gasteiger partial charge in [0.1, 0.15) is 10.5 Å². The number of aryl methyl sites for hydroxylation is 1. The second-order valence-electron chi connectivity index (χ2n) is 4.06. The van der Waals surface area contributed by atoms with Gasteiger partial charge in [0.05, 0.1) is 0 Å². The van der Waals surface area contributed by atoms with Crippen LogP contribution < -0.4 is 0 Å². The molecular weight excluding hydrogens is 224 g/mol. The van der Waals surface area contributed by atoms with Gasteiger partial charge < -0.3 is 5.11 Å². The standard InChI is InChI=1S/C12H12O3S/c1-8-4-2-3-5-10(8)16-12(11(14)15)6-9(13)7-12/h2-5H,6-7H2,1H3,(H,14,15). The molecule has 0 aliphatic heterocycles. The Balaban J connectivity index is 2.23. The van der Waals surface area contributed by atoms with E-state index in [4.69, 9.17) is 0 Å². The third-order valence-electron chi connectivity index (χ3n) is 2.75. The zero-order valence-corrected chi connectivity index (χ0v) is 9.71. The summed E-state index contributed by atoms with van der Waals surface area (Å²) in [6, 6.07) is 7.63. The molecule has 1 aliphatic carbocycles. The van der Waals surface area contributed by atoms with Crippen molar-refractivity contribution >= 4 is 23.5 Å². The van der Waals surface area contributed by atoms with Crippen LogP contribution in [0.2, 0.25) is 0 Å². The molecule has 1 N–H and O–H groups in total. The summed E-state index contributed by atoms with van der Waals surface area (Å²) in [7, 11) is 0. The minimum absolute atomic E-state index is 0.0310. The fourth-order valence-corrected chi connectivity index (χ4v) is 3.08. The van der Waals surface area contributed by atoms with Crippen molar-refractivity contribution in [2.75, 3.05) is 0 Å². The molecule has 2 rings (SSSR count). The van der Waals surface area contributed by atoms with Crippen LogP contribution in [0.4, 0.5) is 0 Å². The normalized spacial score (nSPS) is 17.9. The van der Waals surface area contributed by atoms with E-state index in [9.17, 15) is 14.7 Å². The lowest BCUT2D eigenvalue weighted by Gasteiger charge is -2.35. The van der Waals surface area contributed by atoms with E-state index in [2.05, 4.69) is 0 Å². The molecule has 1 fully saturated rings. The molecule has 0 spiro atoms. The Morgan fingerprint density at radius 2 is 2.00 bits per heavy atom. The number of ketones is 1. The zero-order valence-electron chi connectivity index (χ0n) is 8.90. The summed E-state index contributed by atoms with van der Waals surface area (Å²) in [5, 5.41) is 9.18. The molecule has 1 aliphatic rings. The first-order valence-corrected chi connectivity index (χ1v) is 5.85. The maximum Gasteiger partial charge on any atom is 0.321 e. The first-order chi connectivity index (χ1) is 7.53. The number of carboxylic acids is 1. The van der Waals surface area contributed by atoms with Gasteiger partial charge in [-0.05, 0) is 18.6 Å². The average molecular weight is 236 g/mol. The van der Waals surface area contributed by atoms with Crippen LogP contribution in [-0.4, -0.2) is 21.6 Å². The molecule has 0 saturated heterocycles. The molecule has 0 radical (unpaired) electrons. The van der Waals surface area contributed by atoms with Crippen molar-refractivity contribution in [1.82, 2.24) is 0 Å². The SMILES string of the molecule is Cc1ccccc1SC1(C(=O)O)CC(=O)C1. The third kappa shape index (κ3) is 1.85. The predicted octanol–water partition coefficient (Wildman–Crippen LogP) is 2.27. The van der Waals surface area contributed by atoms with Gasteiger partial charge in [-0.3, -0.25) is 9.59 Å². The van der Waals surface area contributed by atoms with Crippen LogP contribution in [0.5, 0.6) is 0 Å². The highest BCUT2D eigenvalue weighted by molar-refractivity contribution is 8.01. The molecule has 84 valence electrons. The van der Waals surface area contributed by atoms with Crippen molar-refractivity contribution in [2.24, 2.45) is 0 Å². The first kappa shape index (κ1) is 11.2. The number of Topliss-reactive ketones (excluding diaryl/α,β-unsaturated/α-hetero) is 1. The smallest absolute Gasteiger partial charge is 0.321 e. The Kier molecular flexibility index (Phi) is 2.76. The second-order valence-corrected chi connectivity index (χ2v) is 5.48. The molecule has 0 aromatic heterocycles. The highest BCUT2D eigenvalue weighted by Crippen LogP contribution is 2.46. The van der Waals surface area contributed by atoms with Crippen LogP contribution >= 0.6 is 11.8 Å². The Bertz CT molecular complexity index is 445. The van der Waals surface area contributed by atoms with Gasteiger partial charge in [-0.25, -0.2) is 0 Å². The van der Waals surface area contributed by atoms with Gasteiger partial charge >= 0.3 is 5.97 Å². The first-order valence-electron chi connectivity index (χ1n) is 5.03. The summed E-state index contributed by atoms with van der Waals surface area (Å²) >= 11 is 1.30. The van der Waals surface area contributed by atoms with Crippen molar-refractivity contribution in [3.63, 3.8) is 0 Å². The number of thioether (sulfide) groups is 1. The zero-order chi connectivity index (χ0) is 11.8. The summed E-state index contributed by atoms with van der Waals surface area (Å²) in [5.41, 5.74) is 1.05. The largest absolute Gasteiger partial charge is 0.480 e. The topological polar surface area (TPSA) is 54.4 Å². The van der Waals surface area contributed by atoms with E-state index in [1.54, 1.807) is 0 Å². The molecule has 0 atom stereocenters. The predicted molar refractivity (Wildman–Crippen MR) is 61.6 cm³/mol. The summed E-state index contributed by atoms with van der Waals surface area (Å²) in [5.74, 6) is -0.858. The Morgan fingerprint density at radius 1 is 1.38 bits per heavy atom. The monoisotopic (exact) mass is 236 g/mol. The second kappa shape index (κ2) is 3.94. The van der Waals surface area contributed by atoms with E-state index in [0.29, 0.717) is 0 Å². The quantitative estimate of drug-likeness (QED) is 0.874. The summed E-state index contributed by atoms with van der Waals surface area (Å²) in [6.07, 6.45) is 0.280. The van der Waals surface area contributed by atoms with Crippen LogP contribution in [0, 0.1) is 6.92 Å². The van der Waals surface area contributed by atoms with Gasteiger partial charge in [0.25, 0.3) is 0 Å². The number of carbonyl (C=O) groups excluding carboxylic acids is 1. The maximum atomic E-state index is 11.2. The molecule has 0 heterocycles. The number of hydrogen-bond donors (Lipinski definition) is 1. The van der Waals surface area contributed by atoms with Crippen LogP contribution in [-0.2, 0) is 9.59 Å². The molecule has 3 nitrogen and oxygen atoms in total. The lowest BCUT2D eigenvalue weighted by molar-refractivity contribution is -0.147. The summed E-state index contributed by atoms with van der Waals surface area (Å²) in [6.45, 7) is 1.94. The minimum Gasteiger partial charge on any atom is -0.480 e. The lowest BCUT2D eigenvalue weighted by Crippen LogP contribution is -2.48. The van der Waals surface area contributed by atoms with Crippen molar-refractivity contribution in [3.8, 4) is 0 Å². The Hall–Kier alpha value is -1.29. The molecule has 16 heavy (non-hydrogen) atoms. The fraction of sp³-hybridized carbons (Fsp3) is 0.333. The van der Waals surface area contributed by atoms with Crippen molar-refractivity contribution in [3.05, 3.63) is 29.8 Å². The molecule has 0 amide bonds. The van der Waals surface area contributed by atoms with Crippen LogP contribution in [0.25, 0.3) is 0 Å². The molecule has 0 bridgehead atoms. The minimum atomic E-state index is -0.927. The summed E-state index contributed by atoms with van der Waals surface area (Å²) < 4.78 is -0.927. The lowest BCUT2D eigenvalue weighted by atomic mass is 9.83. The maximum absolute atomic E-state index is 11.2. The van der Waals surface area contributed by atoms with Gasteiger partial charge in [0.15, 0.2) is 0 Å². The average Bonchev–Trinajstić information content (AvgIpc) is 2.18. The van der Waals surface area contributed by atoms with Crippen LogP contribution in [0.3, 0.4) is 0 Å². The number of carbonyl (C=O) groups is 2. The third-order valence-corrected chi connectivity index (χ3v) is 4.29. The molecule has 0 unspecified atom stereocenters. The van der Waals surface area contributed by atoms with Crippen molar-refractivity contribution < 1.29 is 14.7 Å². The van der Waals surface area contributed by atoms with Gasteiger partial charge in [0, 0.05) is 17.7 Å².